The first-order valence-electron chi connectivity index (χ1n) is 5.41. The summed E-state index contributed by atoms with van der Waals surface area (Å²) >= 11 is 1.32. The first kappa shape index (κ1) is 12.0. The summed E-state index contributed by atoms with van der Waals surface area (Å²) in [4.78, 5) is 0. The molecule has 0 radical (unpaired) electrons. The molecule has 0 aliphatic rings. The summed E-state index contributed by atoms with van der Waals surface area (Å²) in [6.07, 6.45) is 0. The fourth-order valence-electron chi connectivity index (χ4n) is 1.37. The number of benzene rings is 1. The van der Waals surface area contributed by atoms with Crippen molar-refractivity contribution in [3.05, 3.63) is 29.6 Å². The third-order valence-corrected chi connectivity index (χ3v) is 2.86. The molecule has 0 amide bonds. The molecule has 2 aromatic rings. The highest BCUT2D eigenvalue weighted by Crippen LogP contribution is 2.28. The van der Waals surface area contributed by atoms with Crippen LogP contribution in [-0.2, 0) is 0 Å². The highest BCUT2D eigenvalue weighted by atomic mass is 32.1. The van der Waals surface area contributed by atoms with E-state index < -0.39 is 0 Å². The Kier molecular flexibility index (Phi) is 4.06. The van der Waals surface area contributed by atoms with E-state index in [0.717, 1.165) is 17.0 Å². The second-order valence-electron chi connectivity index (χ2n) is 3.89. The number of hydrogen-bond donors (Lipinski definition) is 1. The van der Waals surface area contributed by atoms with Crippen molar-refractivity contribution in [3.8, 4) is 17.0 Å². The minimum absolute atomic E-state index is 0.122. The maximum Gasteiger partial charge on any atom is 0.128 e. The van der Waals surface area contributed by atoms with E-state index in [2.05, 4.69) is 9.59 Å². The van der Waals surface area contributed by atoms with Crippen LogP contribution < -0.4 is 4.74 Å². The number of aromatic nitrogens is 2. The first-order valence-corrected chi connectivity index (χ1v) is 6.25. The van der Waals surface area contributed by atoms with Gasteiger partial charge in [-0.2, -0.15) is 0 Å². The Morgan fingerprint density at radius 1 is 1.41 bits per heavy atom. The van der Waals surface area contributed by atoms with E-state index in [9.17, 15) is 0 Å². The van der Waals surface area contributed by atoms with Gasteiger partial charge in [0.05, 0.1) is 6.61 Å². The molecule has 4 nitrogen and oxygen atoms in total. The van der Waals surface area contributed by atoms with Crippen molar-refractivity contribution < 1.29 is 9.84 Å². The Balaban J connectivity index is 2.17. The van der Waals surface area contributed by atoms with Crippen molar-refractivity contribution in [2.24, 2.45) is 5.92 Å². The summed E-state index contributed by atoms with van der Waals surface area (Å²) in [6.45, 7) is 2.55. The van der Waals surface area contributed by atoms with Crippen molar-refractivity contribution in [1.82, 2.24) is 9.59 Å². The van der Waals surface area contributed by atoms with Crippen molar-refractivity contribution in [2.75, 3.05) is 13.2 Å². The van der Waals surface area contributed by atoms with Gasteiger partial charge in [0.25, 0.3) is 0 Å². The number of ether oxygens (including phenoxy) is 1. The molecule has 0 aliphatic carbocycles. The van der Waals surface area contributed by atoms with Gasteiger partial charge in [0.2, 0.25) is 0 Å². The monoisotopic (exact) mass is 250 g/mol. The molecular formula is C12H14N2O2S. The summed E-state index contributed by atoms with van der Waals surface area (Å²) in [5.41, 5.74) is 1.76. The highest BCUT2D eigenvalue weighted by Gasteiger charge is 2.09. The lowest BCUT2D eigenvalue weighted by Gasteiger charge is -2.12. The van der Waals surface area contributed by atoms with Gasteiger partial charge in [0, 0.05) is 23.5 Å². The maximum absolute atomic E-state index is 8.97. The Hall–Kier alpha value is -1.46. The molecule has 0 spiro atoms. The summed E-state index contributed by atoms with van der Waals surface area (Å²) in [5, 5.41) is 14.9. The lowest BCUT2D eigenvalue weighted by atomic mass is 10.1. The van der Waals surface area contributed by atoms with Gasteiger partial charge in [0.15, 0.2) is 0 Å². The fraction of sp³-hybridized carbons (Fsp3) is 0.333. The van der Waals surface area contributed by atoms with Crippen LogP contribution in [0.25, 0.3) is 11.3 Å². The number of aliphatic hydroxyl groups excluding tert-OH is 1. The molecule has 0 aliphatic heterocycles. The summed E-state index contributed by atoms with van der Waals surface area (Å²) in [5.74, 6) is 0.900. The molecular weight excluding hydrogens is 236 g/mol. The number of para-hydroxylation sites is 1. The minimum atomic E-state index is 0.122. The molecule has 1 aromatic carbocycles. The van der Waals surface area contributed by atoms with Crippen molar-refractivity contribution in [2.45, 2.75) is 6.92 Å². The predicted octanol–water partition coefficient (Wildman–Crippen LogP) is 2.21. The van der Waals surface area contributed by atoms with Crippen LogP contribution in [0, 0.1) is 5.92 Å². The number of hydrogen-bond acceptors (Lipinski definition) is 5. The van der Waals surface area contributed by atoms with Gasteiger partial charge in [-0.3, -0.25) is 0 Å². The van der Waals surface area contributed by atoms with Gasteiger partial charge in [-0.05, 0) is 23.7 Å². The van der Waals surface area contributed by atoms with Gasteiger partial charge in [0.1, 0.15) is 11.4 Å². The molecule has 0 saturated heterocycles. The zero-order valence-corrected chi connectivity index (χ0v) is 10.4. The van der Waals surface area contributed by atoms with Crippen molar-refractivity contribution in [3.63, 3.8) is 0 Å². The molecule has 5 heteroatoms. The molecule has 17 heavy (non-hydrogen) atoms. The zero-order chi connectivity index (χ0) is 12.1. The largest absolute Gasteiger partial charge is 0.493 e. The number of aliphatic hydroxyl groups is 1. The second-order valence-corrected chi connectivity index (χ2v) is 4.49. The van der Waals surface area contributed by atoms with E-state index in [-0.39, 0.29) is 12.5 Å². The van der Waals surface area contributed by atoms with Gasteiger partial charge in [-0.25, -0.2) is 0 Å². The Labute approximate surface area is 104 Å². The Morgan fingerprint density at radius 3 is 2.94 bits per heavy atom. The second kappa shape index (κ2) is 5.75. The SMILES string of the molecule is C[C@@H](CO)COc1ccccc1-c1csnn1. The lowest BCUT2D eigenvalue weighted by Crippen LogP contribution is -2.12. The molecule has 1 N–H and O–H groups in total. The summed E-state index contributed by atoms with van der Waals surface area (Å²) in [6, 6.07) is 7.72. The van der Waals surface area contributed by atoms with Gasteiger partial charge in [-0.15, -0.1) is 5.10 Å². The number of nitrogens with zero attached hydrogens (tertiary/aromatic N) is 2. The van der Waals surface area contributed by atoms with Crippen LogP contribution in [0.5, 0.6) is 5.75 Å². The van der Waals surface area contributed by atoms with Crippen LogP contribution in [0.4, 0.5) is 0 Å². The average Bonchev–Trinajstić information content (AvgIpc) is 2.90. The normalized spacial score (nSPS) is 12.4. The Morgan fingerprint density at radius 2 is 2.24 bits per heavy atom. The maximum atomic E-state index is 8.97. The highest BCUT2D eigenvalue weighted by molar-refractivity contribution is 7.03. The van der Waals surface area contributed by atoms with E-state index in [4.69, 9.17) is 9.84 Å². The van der Waals surface area contributed by atoms with E-state index in [1.807, 2.05) is 36.6 Å². The zero-order valence-electron chi connectivity index (χ0n) is 9.54. The predicted molar refractivity (Wildman–Crippen MR) is 67.1 cm³/mol. The molecule has 0 unspecified atom stereocenters. The molecule has 1 heterocycles. The molecule has 1 atom stereocenters. The smallest absolute Gasteiger partial charge is 0.128 e. The number of rotatable bonds is 5. The topological polar surface area (TPSA) is 55.2 Å². The lowest BCUT2D eigenvalue weighted by molar-refractivity contribution is 0.175. The van der Waals surface area contributed by atoms with E-state index in [1.165, 1.54) is 11.5 Å². The summed E-state index contributed by atoms with van der Waals surface area (Å²) in [7, 11) is 0. The van der Waals surface area contributed by atoms with Gasteiger partial charge >= 0.3 is 0 Å². The van der Waals surface area contributed by atoms with E-state index >= 15 is 0 Å². The third-order valence-electron chi connectivity index (χ3n) is 2.36. The van der Waals surface area contributed by atoms with Crippen LogP contribution >= 0.6 is 11.5 Å². The van der Waals surface area contributed by atoms with Gasteiger partial charge < -0.3 is 9.84 Å². The van der Waals surface area contributed by atoms with Crippen LogP contribution in [0.15, 0.2) is 29.6 Å². The van der Waals surface area contributed by atoms with Crippen molar-refractivity contribution >= 4 is 11.5 Å². The molecule has 0 fully saturated rings. The van der Waals surface area contributed by atoms with Crippen LogP contribution in [0.2, 0.25) is 0 Å². The third kappa shape index (κ3) is 3.01. The molecule has 0 bridgehead atoms. The molecule has 90 valence electrons. The van der Waals surface area contributed by atoms with E-state index in [1.54, 1.807) is 0 Å². The molecule has 1 aromatic heterocycles. The molecule has 0 saturated carbocycles. The van der Waals surface area contributed by atoms with Gasteiger partial charge in [-0.1, -0.05) is 23.5 Å². The Bertz CT molecular complexity index is 459. The van der Waals surface area contributed by atoms with E-state index in [0.29, 0.717) is 6.61 Å². The van der Waals surface area contributed by atoms with Crippen molar-refractivity contribution in [1.29, 1.82) is 0 Å². The first-order chi connectivity index (χ1) is 8.31. The van der Waals surface area contributed by atoms with Crippen LogP contribution in [0.1, 0.15) is 6.92 Å². The fourth-order valence-corrected chi connectivity index (χ4v) is 1.83. The van der Waals surface area contributed by atoms with Crippen LogP contribution in [-0.4, -0.2) is 27.9 Å². The average molecular weight is 250 g/mol. The van der Waals surface area contributed by atoms with Crippen LogP contribution in [0.3, 0.4) is 0 Å². The minimum Gasteiger partial charge on any atom is -0.493 e. The quantitative estimate of drug-likeness (QED) is 0.884. The summed E-state index contributed by atoms with van der Waals surface area (Å²) < 4.78 is 9.54. The molecule has 2 rings (SSSR count). The standard InChI is InChI=1S/C12H14N2O2S/c1-9(6-15)7-16-12-5-3-2-4-10(12)11-8-17-14-13-11/h2-5,8-9,15H,6-7H2,1H3/t9-/m0/s1.